The van der Waals surface area contributed by atoms with Crippen molar-refractivity contribution in [2.24, 2.45) is 0 Å². The van der Waals surface area contributed by atoms with Gasteiger partial charge in [0.1, 0.15) is 0 Å². The number of nitrogens with one attached hydrogen (secondary N) is 1. The zero-order chi connectivity index (χ0) is 17.4. The highest BCUT2D eigenvalue weighted by molar-refractivity contribution is 6.21. The van der Waals surface area contributed by atoms with Crippen LogP contribution in [0.15, 0.2) is 42.5 Å². The van der Waals surface area contributed by atoms with Crippen molar-refractivity contribution < 1.29 is 19.3 Å². The zero-order valence-electron chi connectivity index (χ0n) is 12.5. The Hall–Kier alpha value is -3.55. The zero-order valence-corrected chi connectivity index (χ0v) is 12.5. The number of amides is 3. The van der Waals surface area contributed by atoms with E-state index in [2.05, 4.69) is 5.32 Å². The molecule has 0 saturated heterocycles. The van der Waals surface area contributed by atoms with Crippen LogP contribution in [0, 0.1) is 10.1 Å². The Balaban J connectivity index is 1.82. The second-order valence-corrected chi connectivity index (χ2v) is 5.19. The number of imide groups is 1. The fourth-order valence-electron chi connectivity index (χ4n) is 2.38. The molecule has 24 heavy (non-hydrogen) atoms. The summed E-state index contributed by atoms with van der Waals surface area (Å²) in [5, 5.41) is 13.2. The average Bonchev–Trinajstić information content (AvgIpc) is 2.79. The number of carbonyl (C=O) groups excluding carboxylic acids is 3. The minimum atomic E-state index is -0.554. The number of carbonyl (C=O) groups is 3. The monoisotopic (exact) mass is 325 g/mol. The van der Waals surface area contributed by atoms with Crippen molar-refractivity contribution in [3.8, 4) is 0 Å². The number of benzene rings is 2. The van der Waals surface area contributed by atoms with Gasteiger partial charge in [-0.2, -0.15) is 0 Å². The van der Waals surface area contributed by atoms with Crippen molar-refractivity contribution in [3.63, 3.8) is 0 Å². The maximum Gasteiger partial charge on any atom is 0.269 e. The third-order valence-corrected chi connectivity index (χ3v) is 3.69. The molecule has 0 aromatic heterocycles. The summed E-state index contributed by atoms with van der Waals surface area (Å²) in [5.41, 5.74) is 0.991. The van der Waals surface area contributed by atoms with Crippen molar-refractivity contribution in [2.75, 3.05) is 12.4 Å². The van der Waals surface area contributed by atoms with E-state index in [0.717, 1.165) is 4.90 Å². The molecule has 0 aliphatic carbocycles. The Morgan fingerprint density at radius 1 is 1.04 bits per heavy atom. The second kappa shape index (κ2) is 5.58. The van der Waals surface area contributed by atoms with E-state index in [4.69, 9.17) is 0 Å². The number of rotatable bonds is 3. The van der Waals surface area contributed by atoms with Gasteiger partial charge < -0.3 is 5.32 Å². The van der Waals surface area contributed by atoms with Crippen LogP contribution in [0.1, 0.15) is 31.1 Å². The number of nitro benzene ring substituents is 1. The van der Waals surface area contributed by atoms with Crippen LogP contribution in [0.5, 0.6) is 0 Å². The predicted molar refractivity (Wildman–Crippen MR) is 83.9 cm³/mol. The topological polar surface area (TPSA) is 110 Å². The summed E-state index contributed by atoms with van der Waals surface area (Å²) in [4.78, 5) is 47.0. The molecule has 8 heteroatoms. The molecule has 1 N–H and O–H groups in total. The molecule has 0 radical (unpaired) electrons. The van der Waals surface area contributed by atoms with Gasteiger partial charge in [0.25, 0.3) is 23.4 Å². The van der Waals surface area contributed by atoms with Crippen LogP contribution < -0.4 is 5.32 Å². The average molecular weight is 325 g/mol. The van der Waals surface area contributed by atoms with Crippen LogP contribution in [0.3, 0.4) is 0 Å². The Kier molecular flexibility index (Phi) is 3.57. The molecule has 0 bridgehead atoms. The van der Waals surface area contributed by atoms with E-state index in [-0.39, 0.29) is 28.3 Å². The maximum atomic E-state index is 12.2. The molecular formula is C16H11N3O5. The first-order valence-electron chi connectivity index (χ1n) is 6.90. The Bertz CT molecular complexity index is 889. The minimum absolute atomic E-state index is 0.115. The number of anilines is 1. The first kappa shape index (κ1) is 15.3. The molecular weight excluding hydrogens is 314 g/mol. The third kappa shape index (κ3) is 2.50. The molecule has 8 nitrogen and oxygen atoms in total. The van der Waals surface area contributed by atoms with Gasteiger partial charge in [0.2, 0.25) is 0 Å². The summed E-state index contributed by atoms with van der Waals surface area (Å²) in [5.74, 6) is -1.29. The molecule has 0 fully saturated rings. The molecule has 0 atom stereocenters. The van der Waals surface area contributed by atoms with Crippen LogP contribution in [0.4, 0.5) is 11.4 Å². The summed E-state index contributed by atoms with van der Waals surface area (Å²) in [6.45, 7) is 0. The number of hydrogen-bond acceptors (Lipinski definition) is 5. The summed E-state index contributed by atoms with van der Waals surface area (Å²) >= 11 is 0. The Morgan fingerprint density at radius 2 is 1.67 bits per heavy atom. The highest BCUT2D eigenvalue weighted by atomic mass is 16.6. The van der Waals surface area contributed by atoms with Gasteiger partial charge in [0, 0.05) is 30.4 Å². The Morgan fingerprint density at radius 3 is 2.29 bits per heavy atom. The van der Waals surface area contributed by atoms with E-state index >= 15 is 0 Å². The van der Waals surface area contributed by atoms with Crippen LogP contribution in [0.25, 0.3) is 0 Å². The lowest BCUT2D eigenvalue weighted by Crippen LogP contribution is -2.24. The van der Waals surface area contributed by atoms with E-state index in [9.17, 15) is 24.5 Å². The summed E-state index contributed by atoms with van der Waals surface area (Å²) in [6, 6.07) is 9.56. The summed E-state index contributed by atoms with van der Waals surface area (Å²) < 4.78 is 0. The molecule has 3 rings (SSSR count). The molecule has 3 amide bonds. The number of nitrogens with zero attached hydrogens (tertiary/aromatic N) is 2. The fourth-order valence-corrected chi connectivity index (χ4v) is 2.38. The largest absolute Gasteiger partial charge is 0.322 e. The molecule has 0 spiro atoms. The summed E-state index contributed by atoms with van der Waals surface area (Å²) in [7, 11) is 1.39. The van der Waals surface area contributed by atoms with Gasteiger partial charge in [-0.1, -0.05) is 0 Å². The quantitative estimate of drug-likeness (QED) is 0.528. The van der Waals surface area contributed by atoms with Crippen molar-refractivity contribution in [3.05, 3.63) is 69.3 Å². The van der Waals surface area contributed by atoms with E-state index in [1.54, 1.807) is 0 Å². The predicted octanol–water partition coefficient (Wildman–Crippen LogP) is 2.07. The fraction of sp³-hybridized carbons (Fsp3) is 0.0625. The molecule has 120 valence electrons. The number of fused-ring (bicyclic) bond motifs is 1. The highest BCUT2D eigenvalue weighted by Gasteiger charge is 2.32. The molecule has 2 aromatic carbocycles. The first-order chi connectivity index (χ1) is 11.4. The molecule has 1 aliphatic rings. The molecule has 0 unspecified atom stereocenters. The van der Waals surface area contributed by atoms with Crippen molar-refractivity contribution in [2.45, 2.75) is 0 Å². The van der Waals surface area contributed by atoms with Crippen LogP contribution in [-0.4, -0.2) is 34.6 Å². The van der Waals surface area contributed by atoms with Crippen LogP contribution in [-0.2, 0) is 0 Å². The van der Waals surface area contributed by atoms with Crippen LogP contribution in [0.2, 0.25) is 0 Å². The number of hydrogen-bond donors (Lipinski definition) is 1. The number of non-ortho nitro benzene ring substituents is 1. The van der Waals surface area contributed by atoms with E-state index < -0.39 is 16.7 Å². The lowest BCUT2D eigenvalue weighted by atomic mass is 10.1. The highest BCUT2D eigenvalue weighted by Crippen LogP contribution is 2.25. The smallest absolute Gasteiger partial charge is 0.269 e. The molecule has 1 aliphatic heterocycles. The SMILES string of the molecule is CN1C(=O)c2ccc(NC(=O)c3ccc([N+](=O)[O-])cc3)cc2C1=O. The number of nitro groups is 1. The normalized spacial score (nSPS) is 13.0. The van der Waals surface area contributed by atoms with Gasteiger partial charge in [-0.3, -0.25) is 29.4 Å². The van der Waals surface area contributed by atoms with E-state index in [1.165, 1.54) is 49.5 Å². The third-order valence-electron chi connectivity index (χ3n) is 3.69. The van der Waals surface area contributed by atoms with Gasteiger partial charge in [0.05, 0.1) is 16.1 Å². The summed E-state index contributed by atoms with van der Waals surface area (Å²) in [6.07, 6.45) is 0. The van der Waals surface area contributed by atoms with Gasteiger partial charge in [-0.05, 0) is 30.3 Å². The second-order valence-electron chi connectivity index (χ2n) is 5.19. The van der Waals surface area contributed by atoms with Gasteiger partial charge >= 0.3 is 0 Å². The van der Waals surface area contributed by atoms with Crippen LogP contribution >= 0.6 is 0 Å². The first-order valence-corrected chi connectivity index (χ1v) is 6.90. The van der Waals surface area contributed by atoms with E-state index in [0.29, 0.717) is 5.69 Å². The van der Waals surface area contributed by atoms with E-state index in [1.807, 2.05) is 0 Å². The lowest BCUT2D eigenvalue weighted by molar-refractivity contribution is -0.384. The Labute approximate surface area is 135 Å². The van der Waals surface area contributed by atoms with Crippen molar-refractivity contribution >= 4 is 29.1 Å². The van der Waals surface area contributed by atoms with Gasteiger partial charge in [-0.15, -0.1) is 0 Å². The van der Waals surface area contributed by atoms with Gasteiger partial charge in [0.15, 0.2) is 0 Å². The van der Waals surface area contributed by atoms with Crippen molar-refractivity contribution in [1.82, 2.24) is 4.90 Å². The van der Waals surface area contributed by atoms with Crippen molar-refractivity contribution in [1.29, 1.82) is 0 Å². The minimum Gasteiger partial charge on any atom is -0.322 e. The molecule has 1 heterocycles. The standard InChI is InChI=1S/C16H11N3O5/c1-18-15(21)12-7-4-10(8-13(12)16(18)22)17-14(20)9-2-5-11(6-3-9)19(23)24/h2-8H,1H3,(H,17,20). The lowest BCUT2D eigenvalue weighted by Gasteiger charge is -2.06. The molecule has 2 aromatic rings. The maximum absolute atomic E-state index is 12.2. The molecule has 0 saturated carbocycles. The van der Waals surface area contributed by atoms with Gasteiger partial charge in [-0.25, -0.2) is 0 Å².